The molecule has 1 atom stereocenters. The minimum absolute atomic E-state index is 0.0897. The Bertz CT molecular complexity index is 410. The Labute approximate surface area is 85.0 Å². The van der Waals surface area contributed by atoms with Crippen LogP contribution in [0.5, 0.6) is 0 Å². The quantitative estimate of drug-likeness (QED) is 0.811. The lowest BCUT2D eigenvalue weighted by molar-refractivity contribution is 0.547. The highest BCUT2D eigenvalue weighted by molar-refractivity contribution is 7.86. The first-order chi connectivity index (χ1) is 6.38. The molecule has 78 valence electrons. The average molecular weight is 213 g/mol. The molecule has 0 saturated carbocycles. The van der Waals surface area contributed by atoms with E-state index >= 15 is 0 Å². The molecule has 0 spiro atoms. The minimum atomic E-state index is -3.42. The van der Waals surface area contributed by atoms with Crippen molar-refractivity contribution in [1.29, 1.82) is 4.78 Å². The van der Waals surface area contributed by atoms with Crippen molar-refractivity contribution in [2.75, 3.05) is 0 Å². The first-order valence-corrected chi connectivity index (χ1v) is 6.14. The summed E-state index contributed by atoms with van der Waals surface area (Å²) in [6.07, 6.45) is 0. The summed E-state index contributed by atoms with van der Waals surface area (Å²) in [5.41, 5.74) is 1.88. The second-order valence-corrected chi connectivity index (χ2v) is 5.25. The molecule has 0 fully saturated rings. The average Bonchev–Trinajstić information content (AvgIpc) is 2.01. The van der Waals surface area contributed by atoms with Crippen molar-refractivity contribution >= 4 is 10.0 Å². The highest BCUT2D eigenvalue weighted by atomic mass is 32.2. The fourth-order valence-electron chi connectivity index (χ4n) is 1.27. The van der Waals surface area contributed by atoms with Gasteiger partial charge in [-0.05, 0) is 17.0 Å². The summed E-state index contributed by atoms with van der Waals surface area (Å²) < 4.78 is 26.7. The van der Waals surface area contributed by atoms with E-state index in [9.17, 15) is 4.21 Å². The Morgan fingerprint density at radius 1 is 1.50 bits per heavy atom. The number of hydrogen-bond acceptors (Lipinski definition) is 2. The van der Waals surface area contributed by atoms with Crippen LogP contribution in [0.1, 0.15) is 30.9 Å². The van der Waals surface area contributed by atoms with Gasteiger partial charge in [0, 0.05) is 0 Å². The second kappa shape index (κ2) is 4.11. The molecule has 3 nitrogen and oxygen atoms in total. The predicted molar refractivity (Wildman–Crippen MR) is 57.7 cm³/mol. The summed E-state index contributed by atoms with van der Waals surface area (Å²) in [6, 6.07) is 7.50. The Balaban J connectivity index is 2.95. The third kappa shape index (κ3) is 3.47. The van der Waals surface area contributed by atoms with Gasteiger partial charge in [-0.3, -0.25) is 0 Å². The van der Waals surface area contributed by atoms with Gasteiger partial charge in [-0.2, -0.15) is 0 Å². The molecule has 0 amide bonds. The normalized spacial score (nSPS) is 15.4. The van der Waals surface area contributed by atoms with Crippen LogP contribution < -0.4 is 0 Å². The number of hydrogen-bond donors (Lipinski definition) is 2. The molecule has 0 saturated heterocycles. The maximum atomic E-state index is 10.9. The second-order valence-electron chi connectivity index (χ2n) is 3.68. The molecule has 2 N–H and O–H groups in total. The summed E-state index contributed by atoms with van der Waals surface area (Å²) in [5.74, 6) is 0.309. The van der Waals surface area contributed by atoms with Crippen LogP contribution in [-0.2, 0) is 15.8 Å². The van der Waals surface area contributed by atoms with E-state index < -0.39 is 10.0 Å². The summed E-state index contributed by atoms with van der Waals surface area (Å²) in [4.78, 5) is 0. The van der Waals surface area contributed by atoms with Crippen molar-refractivity contribution in [1.82, 2.24) is 0 Å². The number of rotatable bonds is 3. The standard InChI is InChI=1S/C10H15NO2S/c1-8(2)10-5-3-4-9(6-10)7-14(11,12)13/h3-6,8H,7H2,1-2H3,(H2,11,12,13). The highest BCUT2D eigenvalue weighted by Gasteiger charge is 2.05. The van der Waals surface area contributed by atoms with Gasteiger partial charge in [0.25, 0.3) is 0 Å². The van der Waals surface area contributed by atoms with Crippen LogP contribution in [0.3, 0.4) is 0 Å². The van der Waals surface area contributed by atoms with Crippen molar-refractivity contribution in [2.24, 2.45) is 0 Å². The van der Waals surface area contributed by atoms with E-state index in [2.05, 4.69) is 13.8 Å². The predicted octanol–water partition coefficient (Wildman–Crippen LogP) is 2.83. The van der Waals surface area contributed by atoms with Crippen LogP contribution in [0.15, 0.2) is 24.3 Å². The Morgan fingerprint density at radius 3 is 2.64 bits per heavy atom. The first kappa shape index (κ1) is 11.2. The maximum absolute atomic E-state index is 10.9. The molecule has 0 aliphatic carbocycles. The van der Waals surface area contributed by atoms with Gasteiger partial charge in [-0.15, -0.1) is 0 Å². The van der Waals surface area contributed by atoms with Gasteiger partial charge in [0.15, 0.2) is 10.0 Å². The summed E-state index contributed by atoms with van der Waals surface area (Å²) in [7, 11) is -3.42. The van der Waals surface area contributed by atoms with Gasteiger partial charge in [0.05, 0.1) is 5.75 Å². The number of nitrogens with one attached hydrogen (secondary N) is 1. The van der Waals surface area contributed by atoms with E-state index in [-0.39, 0.29) is 5.75 Å². The number of benzene rings is 1. The monoisotopic (exact) mass is 213 g/mol. The lowest BCUT2D eigenvalue weighted by Gasteiger charge is -2.07. The van der Waals surface area contributed by atoms with E-state index in [1.807, 2.05) is 18.2 Å². The van der Waals surface area contributed by atoms with Gasteiger partial charge in [-0.1, -0.05) is 38.1 Å². The zero-order valence-electron chi connectivity index (χ0n) is 8.36. The van der Waals surface area contributed by atoms with Crippen LogP contribution in [0.4, 0.5) is 0 Å². The molecule has 0 heterocycles. The lowest BCUT2D eigenvalue weighted by Crippen LogP contribution is -2.00. The highest BCUT2D eigenvalue weighted by Crippen LogP contribution is 2.16. The van der Waals surface area contributed by atoms with E-state index in [1.165, 1.54) is 0 Å². The third-order valence-electron chi connectivity index (χ3n) is 1.98. The fraction of sp³-hybridized carbons (Fsp3) is 0.400. The van der Waals surface area contributed by atoms with Crippen LogP contribution >= 0.6 is 0 Å². The van der Waals surface area contributed by atoms with Gasteiger partial charge in [0.1, 0.15) is 0 Å². The van der Waals surface area contributed by atoms with Crippen molar-refractivity contribution in [2.45, 2.75) is 25.5 Å². The molecule has 14 heavy (non-hydrogen) atoms. The summed E-state index contributed by atoms with van der Waals surface area (Å²) >= 11 is 0. The molecule has 0 bridgehead atoms. The Kier molecular flexibility index (Phi) is 3.29. The van der Waals surface area contributed by atoms with E-state index in [0.717, 1.165) is 11.1 Å². The van der Waals surface area contributed by atoms with Crippen LogP contribution in [0.2, 0.25) is 0 Å². The lowest BCUT2D eigenvalue weighted by atomic mass is 10.0. The van der Waals surface area contributed by atoms with Gasteiger partial charge in [0.2, 0.25) is 0 Å². The van der Waals surface area contributed by atoms with Gasteiger partial charge >= 0.3 is 0 Å². The third-order valence-corrected chi connectivity index (χ3v) is 2.70. The molecule has 0 aliphatic rings. The molecule has 0 aromatic heterocycles. The van der Waals surface area contributed by atoms with Crippen LogP contribution in [-0.4, -0.2) is 8.76 Å². The smallest absolute Gasteiger partial charge is 0.162 e. The van der Waals surface area contributed by atoms with E-state index in [1.54, 1.807) is 6.07 Å². The minimum Gasteiger partial charge on any atom is -0.300 e. The zero-order valence-corrected chi connectivity index (χ0v) is 9.17. The van der Waals surface area contributed by atoms with Crippen molar-refractivity contribution < 1.29 is 8.76 Å². The fourth-order valence-corrected chi connectivity index (χ4v) is 1.90. The largest absolute Gasteiger partial charge is 0.300 e. The molecule has 1 aromatic rings. The van der Waals surface area contributed by atoms with Crippen molar-refractivity contribution in [3.63, 3.8) is 0 Å². The SMILES string of the molecule is CC(C)c1cccc(CS(=N)(=O)O)c1. The first-order valence-electron chi connectivity index (χ1n) is 4.46. The Morgan fingerprint density at radius 2 is 2.14 bits per heavy atom. The van der Waals surface area contributed by atoms with Gasteiger partial charge < -0.3 is 4.55 Å². The summed E-state index contributed by atoms with van der Waals surface area (Å²) in [5, 5.41) is 0. The zero-order chi connectivity index (χ0) is 10.8. The molecular formula is C10H15NO2S. The molecule has 1 unspecified atom stereocenters. The van der Waals surface area contributed by atoms with Gasteiger partial charge in [-0.25, -0.2) is 8.99 Å². The topological polar surface area (TPSA) is 61.2 Å². The molecule has 1 aromatic carbocycles. The molecule has 0 aliphatic heterocycles. The van der Waals surface area contributed by atoms with Crippen LogP contribution in [0, 0.1) is 4.78 Å². The van der Waals surface area contributed by atoms with Crippen LogP contribution in [0.25, 0.3) is 0 Å². The molecular weight excluding hydrogens is 198 g/mol. The molecule has 1 rings (SSSR count). The van der Waals surface area contributed by atoms with Crippen molar-refractivity contribution in [3.05, 3.63) is 35.4 Å². The van der Waals surface area contributed by atoms with E-state index in [4.69, 9.17) is 9.33 Å². The maximum Gasteiger partial charge on any atom is 0.162 e. The molecule has 4 heteroatoms. The summed E-state index contributed by atoms with van der Waals surface area (Å²) in [6.45, 7) is 4.13. The molecule has 0 radical (unpaired) electrons. The van der Waals surface area contributed by atoms with E-state index in [0.29, 0.717) is 5.92 Å². The Hall–Kier alpha value is -0.870. The van der Waals surface area contributed by atoms with Crippen molar-refractivity contribution in [3.8, 4) is 0 Å².